The van der Waals surface area contributed by atoms with Gasteiger partial charge in [-0.3, -0.25) is 9.59 Å². The summed E-state index contributed by atoms with van der Waals surface area (Å²) < 4.78 is 77.8. The van der Waals surface area contributed by atoms with Gasteiger partial charge in [-0.25, -0.2) is 0 Å². The van der Waals surface area contributed by atoms with Gasteiger partial charge in [0.25, 0.3) is 11.8 Å². The summed E-state index contributed by atoms with van der Waals surface area (Å²) in [5.74, 6) is -0.986. The van der Waals surface area contributed by atoms with Crippen LogP contribution in [0.15, 0.2) is 60.7 Å². The second-order valence-corrected chi connectivity index (χ2v) is 8.13. The molecule has 0 spiro atoms. The van der Waals surface area contributed by atoms with E-state index < -0.39 is 40.9 Å². The number of carbonyl (C=O) groups excluding carboxylic acids is 2. The Morgan fingerprint density at radius 1 is 0.757 bits per heavy atom. The van der Waals surface area contributed by atoms with Crippen LogP contribution in [-0.4, -0.2) is 53.1 Å². The van der Waals surface area contributed by atoms with E-state index in [0.29, 0.717) is 5.82 Å². The Morgan fingerprint density at radius 3 is 1.97 bits per heavy atom. The van der Waals surface area contributed by atoms with Crippen molar-refractivity contribution >= 4 is 23.3 Å². The number of carbonyl (C=O) groups is 2. The Bertz CT molecular complexity index is 1270. The van der Waals surface area contributed by atoms with Crippen molar-refractivity contribution in [2.45, 2.75) is 12.4 Å². The van der Waals surface area contributed by atoms with Gasteiger partial charge in [-0.05, 0) is 48.5 Å². The van der Waals surface area contributed by atoms with E-state index in [1.54, 1.807) is 4.90 Å². The van der Waals surface area contributed by atoms with E-state index in [1.165, 1.54) is 29.2 Å². The first kappa shape index (κ1) is 25.9. The molecule has 3 aromatic rings. The van der Waals surface area contributed by atoms with E-state index in [1.807, 2.05) is 0 Å². The molecule has 194 valence electrons. The highest BCUT2D eigenvalue weighted by molar-refractivity contribution is 6.02. The quantitative estimate of drug-likeness (QED) is 0.501. The molecule has 1 saturated heterocycles. The van der Waals surface area contributed by atoms with Crippen LogP contribution in [0.2, 0.25) is 0 Å². The monoisotopic (exact) mass is 523 g/mol. The summed E-state index contributed by atoms with van der Waals surface area (Å²) in [6.45, 7) is 0.878. The van der Waals surface area contributed by atoms with Gasteiger partial charge in [0.05, 0.1) is 16.7 Å². The molecule has 1 aromatic heterocycles. The molecular weight excluding hydrogens is 504 g/mol. The van der Waals surface area contributed by atoms with Crippen molar-refractivity contribution in [3.8, 4) is 0 Å². The molecule has 0 bridgehead atoms. The largest absolute Gasteiger partial charge is 0.417 e. The lowest BCUT2D eigenvalue weighted by Crippen LogP contribution is -2.49. The Morgan fingerprint density at radius 2 is 1.41 bits per heavy atom. The highest BCUT2D eigenvalue weighted by Crippen LogP contribution is 2.33. The molecule has 2 amide bonds. The fourth-order valence-corrected chi connectivity index (χ4v) is 3.78. The summed E-state index contributed by atoms with van der Waals surface area (Å²) in [7, 11) is 0. The number of alkyl halides is 6. The van der Waals surface area contributed by atoms with Crippen molar-refractivity contribution in [2.24, 2.45) is 0 Å². The van der Waals surface area contributed by atoms with Gasteiger partial charge in [0.1, 0.15) is 0 Å². The van der Waals surface area contributed by atoms with E-state index in [-0.39, 0.29) is 37.6 Å². The van der Waals surface area contributed by atoms with Crippen molar-refractivity contribution in [3.63, 3.8) is 0 Å². The topological polar surface area (TPSA) is 78.4 Å². The van der Waals surface area contributed by atoms with Gasteiger partial charge in [-0.1, -0.05) is 12.1 Å². The average Bonchev–Trinajstić information content (AvgIpc) is 2.88. The van der Waals surface area contributed by atoms with E-state index in [4.69, 9.17) is 0 Å². The summed E-state index contributed by atoms with van der Waals surface area (Å²) in [5, 5.41) is 10.3. The van der Waals surface area contributed by atoms with Crippen LogP contribution in [0.4, 0.5) is 37.8 Å². The van der Waals surface area contributed by atoms with Crippen molar-refractivity contribution in [2.75, 3.05) is 36.4 Å². The number of nitrogens with zero attached hydrogens (tertiary/aromatic N) is 4. The number of piperazine rings is 1. The number of hydrogen-bond acceptors (Lipinski definition) is 5. The maximum absolute atomic E-state index is 13.3. The standard InChI is InChI=1S/C24H19F6N5O2/c25-23(26,27)15-5-7-16(8-6-15)31-21(36)19-9-10-20(33-32-19)34-11-13-35(14-12-34)22(37)17-3-1-2-4-18(17)24(28,29)30/h1-10H,11-14H2,(H,31,36). The number of aromatic nitrogens is 2. The van der Waals surface area contributed by atoms with Crippen molar-refractivity contribution in [1.29, 1.82) is 0 Å². The average molecular weight is 523 g/mol. The summed E-state index contributed by atoms with van der Waals surface area (Å²) in [6.07, 6.45) is -9.14. The number of anilines is 2. The number of rotatable bonds is 4. The molecule has 7 nitrogen and oxygen atoms in total. The third kappa shape index (κ3) is 5.98. The van der Waals surface area contributed by atoms with Crippen LogP contribution in [0, 0.1) is 0 Å². The Hall–Kier alpha value is -4.16. The normalized spacial score (nSPS) is 14.4. The molecule has 1 fully saturated rings. The second kappa shape index (κ2) is 10.1. The third-order valence-corrected chi connectivity index (χ3v) is 5.71. The summed E-state index contributed by atoms with van der Waals surface area (Å²) in [5.41, 5.74) is -2.16. The van der Waals surface area contributed by atoms with Crippen LogP contribution < -0.4 is 10.2 Å². The van der Waals surface area contributed by atoms with E-state index in [2.05, 4.69) is 15.5 Å². The first-order valence-electron chi connectivity index (χ1n) is 11.0. The summed E-state index contributed by atoms with van der Waals surface area (Å²) in [6, 6.07) is 11.5. The Kier molecular flexibility index (Phi) is 7.05. The zero-order chi connectivity index (χ0) is 26.8. The van der Waals surface area contributed by atoms with Gasteiger partial charge in [0, 0.05) is 31.9 Å². The van der Waals surface area contributed by atoms with E-state index in [0.717, 1.165) is 36.4 Å². The van der Waals surface area contributed by atoms with E-state index in [9.17, 15) is 35.9 Å². The zero-order valence-corrected chi connectivity index (χ0v) is 19.0. The van der Waals surface area contributed by atoms with Crippen molar-refractivity contribution < 1.29 is 35.9 Å². The summed E-state index contributed by atoms with van der Waals surface area (Å²) in [4.78, 5) is 28.2. The van der Waals surface area contributed by atoms with Crippen LogP contribution in [0.5, 0.6) is 0 Å². The number of halogens is 6. The predicted octanol–water partition coefficient (Wildman–Crippen LogP) is 4.73. The molecule has 37 heavy (non-hydrogen) atoms. The van der Waals surface area contributed by atoms with Gasteiger partial charge in [-0.15, -0.1) is 10.2 Å². The maximum Gasteiger partial charge on any atom is 0.417 e. The Labute approximate surface area is 206 Å². The summed E-state index contributed by atoms with van der Waals surface area (Å²) >= 11 is 0. The maximum atomic E-state index is 13.3. The van der Waals surface area contributed by atoms with Gasteiger partial charge < -0.3 is 15.1 Å². The molecular formula is C24H19F6N5O2. The van der Waals surface area contributed by atoms with Gasteiger partial charge >= 0.3 is 12.4 Å². The van der Waals surface area contributed by atoms with E-state index >= 15 is 0 Å². The first-order valence-corrected chi connectivity index (χ1v) is 11.0. The van der Waals surface area contributed by atoms with Crippen LogP contribution in [-0.2, 0) is 12.4 Å². The minimum atomic E-state index is -4.65. The minimum Gasteiger partial charge on any atom is -0.352 e. The molecule has 1 aliphatic heterocycles. The predicted molar refractivity (Wildman–Crippen MR) is 121 cm³/mol. The van der Waals surface area contributed by atoms with Crippen molar-refractivity contribution in [3.05, 3.63) is 83.0 Å². The molecule has 4 rings (SSSR count). The molecule has 1 N–H and O–H groups in total. The number of amides is 2. The van der Waals surface area contributed by atoms with Crippen LogP contribution >= 0.6 is 0 Å². The van der Waals surface area contributed by atoms with Gasteiger partial charge in [0.2, 0.25) is 0 Å². The lowest BCUT2D eigenvalue weighted by molar-refractivity contribution is -0.138. The molecule has 0 radical (unpaired) electrons. The second-order valence-electron chi connectivity index (χ2n) is 8.13. The van der Waals surface area contributed by atoms with Crippen LogP contribution in [0.25, 0.3) is 0 Å². The van der Waals surface area contributed by atoms with Gasteiger partial charge in [-0.2, -0.15) is 26.3 Å². The third-order valence-electron chi connectivity index (χ3n) is 5.71. The lowest BCUT2D eigenvalue weighted by Gasteiger charge is -2.35. The highest BCUT2D eigenvalue weighted by Gasteiger charge is 2.36. The zero-order valence-electron chi connectivity index (χ0n) is 19.0. The molecule has 13 heteroatoms. The molecule has 2 heterocycles. The van der Waals surface area contributed by atoms with Crippen molar-refractivity contribution in [1.82, 2.24) is 15.1 Å². The minimum absolute atomic E-state index is 0.0683. The molecule has 1 aliphatic rings. The molecule has 0 aliphatic carbocycles. The SMILES string of the molecule is O=C(Nc1ccc(C(F)(F)F)cc1)c1ccc(N2CCN(C(=O)c3ccccc3C(F)(F)F)CC2)nn1. The fraction of sp³-hybridized carbons (Fsp3) is 0.250. The number of nitrogens with one attached hydrogen (secondary N) is 1. The molecule has 0 unspecified atom stereocenters. The number of hydrogen-bond donors (Lipinski definition) is 1. The van der Waals surface area contributed by atoms with Gasteiger partial charge in [0.15, 0.2) is 11.5 Å². The first-order chi connectivity index (χ1) is 17.4. The molecule has 0 atom stereocenters. The highest BCUT2D eigenvalue weighted by atomic mass is 19.4. The molecule has 0 saturated carbocycles. The smallest absolute Gasteiger partial charge is 0.352 e. The fourth-order valence-electron chi connectivity index (χ4n) is 3.78. The Balaban J connectivity index is 1.35. The van der Waals surface area contributed by atoms with Crippen LogP contribution in [0.3, 0.4) is 0 Å². The van der Waals surface area contributed by atoms with Crippen LogP contribution in [0.1, 0.15) is 32.0 Å². The lowest BCUT2D eigenvalue weighted by atomic mass is 10.1. The molecule has 2 aromatic carbocycles. The number of benzene rings is 2.